The summed E-state index contributed by atoms with van der Waals surface area (Å²) in [5.74, 6) is 0.230. The molecule has 6 heteroatoms. The van der Waals surface area contributed by atoms with Gasteiger partial charge in [-0.1, -0.05) is 6.92 Å². The third-order valence-electron chi connectivity index (χ3n) is 3.01. The zero-order valence-electron chi connectivity index (χ0n) is 11.6. The van der Waals surface area contributed by atoms with E-state index in [1.165, 1.54) is 0 Å². The largest absolute Gasteiger partial charge is 0.461 e. The summed E-state index contributed by atoms with van der Waals surface area (Å²) in [5.41, 5.74) is 1.13. The number of hydrogen-bond acceptors (Lipinski definition) is 5. The first-order valence-electron chi connectivity index (χ1n) is 6.72. The fraction of sp³-hybridized carbons (Fsp3) is 0.429. The molecule has 108 valence electrons. The predicted molar refractivity (Wildman–Crippen MR) is 76.8 cm³/mol. The van der Waals surface area contributed by atoms with Gasteiger partial charge in [0.25, 0.3) is 0 Å². The van der Waals surface area contributed by atoms with Crippen LogP contribution in [0.5, 0.6) is 0 Å². The topological polar surface area (TPSA) is 87.2 Å². The molecule has 2 rings (SSSR count). The van der Waals surface area contributed by atoms with E-state index >= 15 is 0 Å². The molecule has 3 N–H and O–H groups in total. The molecule has 2 aromatic rings. The molecule has 1 atom stereocenters. The number of aliphatic hydroxyl groups excluding tert-OH is 1. The number of carbonyl (C=O) groups is 1. The van der Waals surface area contributed by atoms with Gasteiger partial charge in [0.05, 0.1) is 18.2 Å². The van der Waals surface area contributed by atoms with Crippen LogP contribution < -0.4 is 5.32 Å². The van der Waals surface area contributed by atoms with Gasteiger partial charge in [-0.2, -0.15) is 0 Å². The van der Waals surface area contributed by atoms with Crippen LogP contribution in [0.25, 0.3) is 10.9 Å². The first-order valence-corrected chi connectivity index (χ1v) is 6.72. The van der Waals surface area contributed by atoms with Crippen molar-refractivity contribution in [3.8, 4) is 0 Å². The number of aromatic nitrogens is 2. The monoisotopic (exact) mass is 277 g/mol. The number of nitrogens with one attached hydrogen (secondary N) is 2. The second kappa shape index (κ2) is 6.38. The maximum Gasteiger partial charge on any atom is 0.354 e. The maximum atomic E-state index is 11.7. The average molecular weight is 277 g/mol. The Bertz CT molecular complexity index is 594. The number of hydrogen-bond donors (Lipinski definition) is 3. The first-order chi connectivity index (χ1) is 9.65. The number of ether oxygens (including phenoxy) is 1. The molecular formula is C14H19N3O3. The zero-order valence-corrected chi connectivity index (χ0v) is 11.6. The van der Waals surface area contributed by atoms with E-state index in [2.05, 4.69) is 15.3 Å². The van der Waals surface area contributed by atoms with E-state index in [-0.39, 0.29) is 5.97 Å². The second-order valence-corrected chi connectivity index (χ2v) is 4.47. The van der Waals surface area contributed by atoms with Crippen molar-refractivity contribution in [3.63, 3.8) is 0 Å². The van der Waals surface area contributed by atoms with Crippen LogP contribution in [0.2, 0.25) is 0 Å². The summed E-state index contributed by atoms with van der Waals surface area (Å²) < 4.78 is 4.96. The molecule has 0 aliphatic rings. The van der Waals surface area contributed by atoms with Gasteiger partial charge in [-0.3, -0.25) is 0 Å². The summed E-state index contributed by atoms with van der Waals surface area (Å²) in [5, 5.41) is 13.5. The van der Waals surface area contributed by atoms with Gasteiger partial charge in [-0.15, -0.1) is 0 Å². The lowest BCUT2D eigenvalue weighted by Crippen LogP contribution is -2.18. The summed E-state index contributed by atoms with van der Waals surface area (Å²) in [7, 11) is 0. The van der Waals surface area contributed by atoms with Crippen molar-refractivity contribution in [1.82, 2.24) is 9.97 Å². The van der Waals surface area contributed by atoms with Crippen molar-refractivity contribution in [1.29, 1.82) is 0 Å². The molecule has 0 fully saturated rings. The van der Waals surface area contributed by atoms with E-state index in [4.69, 9.17) is 4.74 Å². The standard InChI is InChI=1S/C14H19N3O3/c1-3-10(18)8-16-13-12-9(5-6-15-13)7-11(17-12)14(19)20-4-2/h5-7,10,17-18H,3-4,8H2,1-2H3,(H,15,16). The lowest BCUT2D eigenvalue weighted by atomic mass is 10.2. The van der Waals surface area contributed by atoms with Crippen LogP contribution >= 0.6 is 0 Å². The van der Waals surface area contributed by atoms with Gasteiger partial charge in [0.15, 0.2) is 0 Å². The van der Waals surface area contributed by atoms with Gasteiger partial charge in [-0.25, -0.2) is 9.78 Å². The Morgan fingerprint density at radius 1 is 1.55 bits per heavy atom. The second-order valence-electron chi connectivity index (χ2n) is 4.47. The van der Waals surface area contributed by atoms with Crippen LogP contribution in [0.1, 0.15) is 30.8 Å². The van der Waals surface area contributed by atoms with Crippen molar-refractivity contribution in [3.05, 3.63) is 24.0 Å². The molecule has 0 saturated carbocycles. The molecule has 0 spiro atoms. The van der Waals surface area contributed by atoms with E-state index in [0.717, 1.165) is 10.9 Å². The summed E-state index contributed by atoms with van der Waals surface area (Å²) in [6.07, 6.45) is 1.90. The molecule has 0 saturated heterocycles. The number of nitrogens with zero attached hydrogens (tertiary/aromatic N) is 1. The fourth-order valence-electron chi connectivity index (χ4n) is 1.87. The summed E-state index contributed by atoms with van der Waals surface area (Å²) in [4.78, 5) is 18.9. The number of carbonyl (C=O) groups excluding carboxylic acids is 1. The number of aromatic amines is 1. The van der Waals surface area contributed by atoms with Crippen molar-refractivity contribution in [2.24, 2.45) is 0 Å². The van der Waals surface area contributed by atoms with Gasteiger partial charge < -0.3 is 20.1 Å². The number of fused-ring (bicyclic) bond motifs is 1. The molecule has 20 heavy (non-hydrogen) atoms. The normalized spacial score (nSPS) is 12.3. The molecule has 1 unspecified atom stereocenters. The lowest BCUT2D eigenvalue weighted by molar-refractivity contribution is 0.0520. The Morgan fingerprint density at radius 3 is 3.05 bits per heavy atom. The van der Waals surface area contributed by atoms with E-state index in [1.54, 1.807) is 19.2 Å². The Morgan fingerprint density at radius 2 is 2.35 bits per heavy atom. The van der Waals surface area contributed by atoms with Gasteiger partial charge in [0.1, 0.15) is 11.5 Å². The quantitative estimate of drug-likeness (QED) is 0.702. The molecule has 2 heterocycles. The van der Waals surface area contributed by atoms with Crippen molar-refractivity contribution < 1.29 is 14.6 Å². The van der Waals surface area contributed by atoms with E-state index in [0.29, 0.717) is 31.1 Å². The number of pyridine rings is 1. The molecule has 0 amide bonds. The average Bonchev–Trinajstić information content (AvgIpc) is 2.89. The molecule has 6 nitrogen and oxygen atoms in total. The summed E-state index contributed by atoms with van der Waals surface area (Å²) >= 11 is 0. The van der Waals surface area contributed by atoms with E-state index < -0.39 is 6.10 Å². The highest BCUT2D eigenvalue weighted by molar-refractivity contribution is 5.98. The van der Waals surface area contributed by atoms with Crippen LogP contribution in [-0.4, -0.2) is 40.3 Å². The first kappa shape index (κ1) is 14.3. The maximum absolute atomic E-state index is 11.7. The number of H-pyrrole nitrogens is 1. The van der Waals surface area contributed by atoms with Crippen molar-refractivity contribution in [2.45, 2.75) is 26.4 Å². The zero-order chi connectivity index (χ0) is 14.5. The molecule has 0 bridgehead atoms. The third kappa shape index (κ3) is 3.08. The molecule has 0 radical (unpaired) electrons. The Kier molecular flexibility index (Phi) is 4.57. The predicted octanol–water partition coefficient (Wildman–Crippen LogP) is 1.92. The van der Waals surface area contributed by atoms with E-state index in [9.17, 15) is 9.90 Å². The fourth-order valence-corrected chi connectivity index (χ4v) is 1.87. The highest BCUT2D eigenvalue weighted by Crippen LogP contribution is 2.21. The van der Waals surface area contributed by atoms with Crippen LogP contribution in [0.4, 0.5) is 5.82 Å². The smallest absolute Gasteiger partial charge is 0.354 e. The Balaban J connectivity index is 2.25. The minimum Gasteiger partial charge on any atom is -0.461 e. The van der Waals surface area contributed by atoms with Gasteiger partial charge >= 0.3 is 5.97 Å². The number of esters is 1. The van der Waals surface area contributed by atoms with Crippen LogP contribution in [0, 0.1) is 0 Å². The third-order valence-corrected chi connectivity index (χ3v) is 3.01. The molecule has 0 aromatic carbocycles. The summed E-state index contributed by atoms with van der Waals surface area (Å²) in [6.45, 7) is 4.42. The molecule has 0 aliphatic carbocycles. The minimum absolute atomic E-state index is 0.334. The van der Waals surface area contributed by atoms with Crippen molar-refractivity contribution >= 4 is 22.7 Å². The molecule has 2 aromatic heterocycles. The number of rotatable bonds is 6. The highest BCUT2D eigenvalue weighted by Gasteiger charge is 2.13. The summed E-state index contributed by atoms with van der Waals surface area (Å²) in [6, 6.07) is 3.55. The Hall–Kier alpha value is -2.08. The van der Waals surface area contributed by atoms with Crippen LogP contribution in [-0.2, 0) is 4.74 Å². The van der Waals surface area contributed by atoms with Gasteiger partial charge in [-0.05, 0) is 25.5 Å². The van der Waals surface area contributed by atoms with Crippen LogP contribution in [0.3, 0.4) is 0 Å². The number of anilines is 1. The molecule has 0 aliphatic heterocycles. The van der Waals surface area contributed by atoms with Gasteiger partial charge in [0.2, 0.25) is 0 Å². The number of aliphatic hydroxyl groups is 1. The Labute approximate surface area is 117 Å². The van der Waals surface area contributed by atoms with E-state index in [1.807, 2.05) is 13.0 Å². The highest BCUT2D eigenvalue weighted by atomic mass is 16.5. The van der Waals surface area contributed by atoms with Gasteiger partial charge in [0, 0.05) is 18.1 Å². The van der Waals surface area contributed by atoms with Crippen molar-refractivity contribution in [2.75, 3.05) is 18.5 Å². The SMILES string of the molecule is CCOC(=O)c1cc2ccnc(NCC(O)CC)c2[nH]1. The molecular weight excluding hydrogens is 258 g/mol. The minimum atomic E-state index is -0.424. The van der Waals surface area contributed by atoms with Crippen LogP contribution in [0.15, 0.2) is 18.3 Å². The lowest BCUT2D eigenvalue weighted by Gasteiger charge is -2.10.